The minimum absolute atomic E-state index is 0.131. The number of carbonyl (C=O) groups excluding carboxylic acids is 2. The van der Waals surface area contributed by atoms with E-state index in [9.17, 15) is 9.59 Å². The predicted molar refractivity (Wildman–Crippen MR) is 102 cm³/mol. The molecule has 0 aliphatic rings. The Morgan fingerprint density at radius 1 is 1.12 bits per heavy atom. The zero-order chi connectivity index (χ0) is 18.6. The second kappa shape index (κ2) is 8.16. The molecule has 2 aromatic rings. The summed E-state index contributed by atoms with van der Waals surface area (Å²) in [5.74, 6) is 0.202. The van der Waals surface area contributed by atoms with E-state index in [2.05, 4.69) is 21.2 Å². The summed E-state index contributed by atoms with van der Waals surface area (Å²) in [6.45, 7) is 3.72. The smallest absolute Gasteiger partial charge is 0.262 e. The van der Waals surface area contributed by atoms with E-state index in [0.717, 1.165) is 15.6 Å². The summed E-state index contributed by atoms with van der Waals surface area (Å²) in [4.78, 5) is 25.9. The largest absolute Gasteiger partial charge is 0.483 e. The van der Waals surface area contributed by atoms with Crippen molar-refractivity contribution in [1.82, 2.24) is 4.90 Å². The first-order valence-electron chi connectivity index (χ1n) is 7.79. The molecular formula is C19H21BrN2O3. The average molecular weight is 405 g/mol. The highest BCUT2D eigenvalue weighted by Crippen LogP contribution is 2.27. The lowest BCUT2D eigenvalue weighted by atomic mass is 10.1. The van der Waals surface area contributed by atoms with Gasteiger partial charge in [0.2, 0.25) is 0 Å². The van der Waals surface area contributed by atoms with Crippen LogP contribution in [0.5, 0.6) is 5.75 Å². The molecule has 0 aliphatic carbocycles. The maximum atomic E-state index is 12.2. The monoisotopic (exact) mass is 404 g/mol. The van der Waals surface area contributed by atoms with E-state index in [-0.39, 0.29) is 18.4 Å². The fraction of sp³-hybridized carbons (Fsp3) is 0.263. The summed E-state index contributed by atoms with van der Waals surface area (Å²) in [6, 6.07) is 10.8. The highest BCUT2D eigenvalue weighted by molar-refractivity contribution is 9.10. The van der Waals surface area contributed by atoms with Crippen LogP contribution in [0.3, 0.4) is 0 Å². The van der Waals surface area contributed by atoms with Crippen LogP contribution in [0.1, 0.15) is 21.5 Å². The molecule has 0 aliphatic heterocycles. The van der Waals surface area contributed by atoms with Gasteiger partial charge in [0.25, 0.3) is 11.8 Å². The summed E-state index contributed by atoms with van der Waals surface area (Å²) in [6.07, 6.45) is 0. The maximum absolute atomic E-state index is 12.2. The van der Waals surface area contributed by atoms with E-state index in [0.29, 0.717) is 17.0 Å². The Morgan fingerprint density at radius 2 is 1.72 bits per heavy atom. The number of hydrogen-bond acceptors (Lipinski definition) is 3. The van der Waals surface area contributed by atoms with E-state index in [1.54, 1.807) is 38.4 Å². The fourth-order valence-electron chi connectivity index (χ4n) is 2.47. The van der Waals surface area contributed by atoms with E-state index in [1.165, 1.54) is 4.90 Å². The average Bonchev–Trinajstić information content (AvgIpc) is 2.53. The second-order valence-corrected chi connectivity index (χ2v) is 6.87. The lowest BCUT2D eigenvalue weighted by Crippen LogP contribution is -2.26. The zero-order valence-corrected chi connectivity index (χ0v) is 16.3. The standard InChI is InChI=1S/C19H21BrN2O3/c1-12-9-14(20)10-13(2)18(12)25-11-17(23)21-16-8-6-5-7-15(16)19(24)22(3)4/h5-10H,11H2,1-4H3,(H,21,23). The Balaban J connectivity index is 2.08. The summed E-state index contributed by atoms with van der Waals surface area (Å²) in [5.41, 5.74) is 2.81. The molecule has 2 rings (SSSR count). The van der Waals surface area contributed by atoms with Crippen molar-refractivity contribution in [3.05, 3.63) is 57.6 Å². The number of hydrogen-bond donors (Lipinski definition) is 1. The van der Waals surface area contributed by atoms with Crippen LogP contribution in [0.25, 0.3) is 0 Å². The van der Waals surface area contributed by atoms with Crippen LogP contribution in [0.2, 0.25) is 0 Å². The molecule has 0 bridgehead atoms. The number of ether oxygens (including phenoxy) is 1. The van der Waals surface area contributed by atoms with Crippen molar-refractivity contribution in [2.45, 2.75) is 13.8 Å². The lowest BCUT2D eigenvalue weighted by molar-refractivity contribution is -0.118. The van der Waals surface area contributed by atoms with E-state index in [4.69, 9.17) is 4.74 Å². The van der Waals surface area contributed by atoms with Gasteiger partial charge in [-0.15, -0.1) is 0 Å². The Hall–Kier alpha value is -2.34. The lowest BCUT2D eigenvalue weighted by Gasteiger charge is -2.16. The third kappa shape index (κ3) is 4.82. The minimum atomic E-state index is -0.319. The van der Waals surface area contributed by atoms with Crippen molar-refractivity contribution >= 4 is 33.4 Å². The Kier molecular flexibility index (Phi) is 6.20. The molecule has 2 amide bonds. The molecule has 6 heteroatoms. The van der Waals surface area contributed by atoms with Crippen LogP contribution in [0.4, 0.5) is 5.69 Å². The molecule has 5 nitrogen and oxygen atoms in total. The second-order valence-electron chi connectivity index (χ2n) is 5.95. The zero-order valence-electron chi connectivity index (χ0n) is 14.7. The number of amides is 2. The topological polar surface area (TPSA) is 58.6 Å². The number of rotatable bonds is 5. The van der Waals surface area contributed by atoms with Crippen LogP contribution in [-0.2, 0) is 4.79 Å². The number of para-hydroxylation sites is 1. The van der Waals surface area contributed by atoms with E-state index in [1.807, 2.05) is 26.0 Å². The van der Waals surface area contributed by atoms with Crippen molar-refractivity contribution in [3.8, 4) is 5.75 Å². The van der Waals surface area contributed by atoms with Gasteiger partial charge in [-0.1, -0.05) is 28.1 Å². The molecule has 0 radical (unpaired) electrons. The van der Waals surface area contributed by atoms with Crippen molar-refractivity contribution in [2.24, 2.45) is 0 Å². The Bertz CT molecular complexity index is 780. The van der Waals surface area contributed by atoms with Crippen molar-refractivity contribution in [2.75, 3.05) is 26.0 Å². The molecule has 0 spiro atoms. The minimum Gasteiger partial charge on any atom is -0.483 e. The molecule has 0 saturated heterocycles. The van der Waals surface area contributed by atoms with Crippen LogP contribution < -0.4 is 10.1 Å². The number of carbonyl (C=O) groups is 2. The summed E-state index contributed by atoms with van der Waals surface area (Å²) in [5, 5.41) is 2.75. The first-order chi connectivity index (χ1) is 11.8. The van der Waals surface area contributed by atoms with Crippen molar-refractivity contribution in [3.63, 3.8) is 0 Å². The first kappa shape index (κ1) is 19.0. The molecule has 0 saturated carbocycles. The Labute approximate surface area is 156 Å². The van der Waals surface area contributed by atoms with Crippen molar-refractivity contribution in [1.29, 1.82) is 0 Å². The Morgan fingerprint density at radius 3 is 2.32 bits per heavy atom. The van der Waals surface area contributed by atoms with Crippen LogP contribution in [0.15, 0.2) is 40.9 Å². The van der Waals surface area contributed by atoms with Gasteiger partial charge < -0.3 is 15.0 Å². The molecule has 0 unspecified atom stereocenters. The van der Waals surface area contributed by atoms with Gasteiger partial charge in [-0.3, -0.25) is 9.59 Å². The molecule has 25 heavy (non-hydrogen) atoms. The maximum Gasteiger partial charge on any atom is 0.262 e. The summed E-state index contributed by atoms with van der Waals surface area (Å²) in [7, 11) is 3.34. The van der Waals surface area contributed by atoms with E-state index < -0.39 is 0 Å². The molecule has 0 heterocycles. The van der Waals surface area contributed by atoms with Crippen LogP contribution in [-0.4, -0.2) is 37.4 Å². The predicted octanol–water partition coefficient (Wildman–Crippen LogP) is 3.79. The third-order valence-corrected chi connectivity index (χ3v) is 4.07. The number of benzene rings is 2. The summed E-state index contributed by atoms with van der Waals surface area (Å²) < 4.78 is 6.64. The van der Waals surface area contributed by atoms with Gasteiger partial charge in [0, 0.05) is 18.6 Å². The molecule has 132 valence electrons. The fourth-order valence-corrected chi connectivity index (χ4v) is 3.16. The van der Waals surface area contributed by atoms with Gasteiger partial charge in [0.05, 0.1) is 11.3 Å². The van der Waals surface area contributed by atoms with E-state index >= 15 is 0 Å². The van der Waals surface area contributed by atoms with Gasteiger partial charge in [-0.05, 0) is 49.2 Å². The summed E-state index contributed by atoms with van der Waals surface area (Å²) >= 11 is 3.43. The molecule has 0 aromatic heterocycles. The number of halogens is 1. The molecule has 1 N–H and O–H groups in total. The molecule has 2 aromatic carbocycles. The van der Waals surface area contributed by atoms with Crippen LogP contribution in [0, 0.1) is 13.8 Å². The number of aryl methyl sites for hydroxylation is 2. The number of nitrogens with zero attached hydrogens (tertiary/aromatic N) is 1. The highest BCUT2D eigenvalue weighted by atomic mass is 79.9. The number of nitrogens with one attached hydrogen (secondary N) is 1. The first-order valence-corrected chi connectivity index (χ1v) is 8.59. The molecular weight excluding hydrogens is 384 g/mol. The van der Waals surface area contributed by atoms with Crippen molar-refractivity contribution < 1.29 is 14.3 Å². The highest BCUT2D eigenvalue weighted by Gasteiger charge is 2.15. The van der Waals surface area contributed by atoms with Gasteiger partial charge >= 0.3 is 0 Å². The molecule has 0 atom stereocenters. The normalized spacial score (nSPS) is 10.3. The third-order valence-electron chi connectivity index (χ3n) is 3.61. The number of anilines is 1. The SMILES string of the molecule is Cc1cc(Br)cc(C)c1OCC(=O)Nc1ccccc1C(=O)N(C)C. The van der Waals surface area contributed by atoms with Gasteiger partial charge in [0.1, 0.15) is 5.75 Å². The van der Waals surface area contributed by atoms with Gasteiger partial charge in [-0.25, -0.2) is 0 Å². The van der Waals surface area contributed by atoms with Gasteiger partial charge in [0.15, 0.2) is 6.61 Å². The molecule has 0 fully saturated rings. The quantitative estimate of drug-likeness (QED) is 0.824. The van der Waals surface area contributed by atoms with Crippen LogP contribution >= 0.6 is 15.9 Å². The van der Waals surface area contributed by atoms with Gasteiger partial charge in [-0.2, -0.15) is 0 Å².